The highest BCUT2D eigenvalue weighted by molar-refractivity contribution is 5.80. The lowest BCUT2D eigenvalue weighted by Gasteiger charge is -2.28. The molecular formula is C13H19NO4. The summed E-state index contributed by atoms with van der Waals surface area (Å²) in [5.74, 6) is -1.10. The minimum absolute atomic E-state index is 0.163. The zero-order chi connectivity index (χ0) is 13.9. The van der Waals surface area contributed by atoms with E-state index < -0.39 is 11.5 Å². The summed E-state index contributed by atoms with van der Waals surface area (Å²) < 4.78 is 0. The topological polar surface area (TPSA) is 89.8 Å². The molecule has 0 aliphatic heterocycles. The Balaban J connectivity index is 3.14. The number of aliphatic carboxylic acids is 1. The zero-order valence-electron chi connectivity index (χ0n) is 10.8. The highest BCUT2D eigenvalue weighted by Gasteiger charge is 2.35. The number of carboxylic acid groups (broad SMARTS) is 1. The molecule has 1 aromatic rings. The summed E-state index contributed by atoms with van der Waals surface area (Å²) in [6.07, 6.45) is 0. The Labute approximate surface area is 106 Å². The third-order valence-electron chi connectivity index (χ3n) is 2.77. The quantitative estimate of drug-likeness (QED) is 0.640. The third-order valence-corrected chi connectivity index (χ3v) is 2.77. The molecule has 0 aromatic heterocycles. The predicted molar refractivity (Wildman–Crippen MR) is 67.6 cm³/mol. The van der Waals surface area contributed by atoms with Crippen molar-refractivity contribution >= 4 is 5.97 Å². The van der Waals surface area contributed by atoms with Crippen molar-refractivity contribution < 1.29 is 20.1 Å². The van der Waals surface area contributed by atoms with Crippen molar-refractivity contribution in [3.05, 3.63) is 23.8 Å². The van der Waals surface area contributed by atoms with Gasteiger partial charge in [0.05, 0.1) is 0 Å². The van der Waals surface area contributed by atoms with Crippen LogP contribution in [0, 0.1) is 5.92 Å². The average Bonchev–Trinajstić information content (AvgIpc) is 2.24. The van der Waals surface area contributed by atoms with Crippen LogP contribution in [0.1, 0.15) is 26.3 Å². The number of hydrogen-bond donors (Lipinski definition) is 4. The number of rotatable bonds is 5. The van der Waals surface area contributed by atoms with E-state index in [1.807, 2.05) is 13.8 Å². The van der Waals surface area contributed by atoms with Gasteiger partial charge in [0.1, 0.15) is 17.0 Å². The van der Waals surface area contributed by atoms with Crippen LogP contribution in [-0.4, -0.2) is 27.8 Å². The van der Waals surface area contributed by atoms with Crippen LogP contribution in [-0.2, 0) is 10.3 Å². The normalized spacial score (nSPS) is 14.4. The lowest BCUT2D eigenvalue weighted by Crippen LogP contribution is -2.48. The molecule has 4 N–H and O–H groups in total. The van der Waals surface area contributed by atoms with Crippen LogP contribution in [0.15, 0.2) is 18.2 Å². The molecule has 0 bridgehead atoms. The van der Waals surface area contributed by atoms with Gasteiger partial charge in [0, 0.05) is 6.07 Å². The van der Waals surface area contributed by atoms with Gasteiger partial charge in [-0.15, -0.1) is 0 Å². The SMILES string of the molecule is CC(C)CNC(C)(C(=O)O)c1cc(O)cc(O)c1. The standard InChI is InChI=1S/C13H19NO4/c1-8(2)7-14-13(3,12(17)18)9-4-10(15)6-11(16)5-9/h4-6,8,14-16H,7H2,1-3H3,(H,17,18). The van der Waals surface area contributed by atoms with Gasteiger partial charge < -0.3 is 15.3 Å². The second-order valence-corrected chi connectivity index (χ2v) is 4.94. The number of aromatic hydroxyl groups is 2. The van der Waals surface area contributed by atoms with E-state index in [9.17, 15) is 20.1 Å². The summed E-state index contributed by atoms with van der Waals surface area (Å²) >= 11 is 0. The van der Waals surface area contributed by atoms with Crippen molar-refractivity contribution in [2.75, 3.05) is 6.54 Å². The molecule has 0 saturated carbocycles. The Bertz CT molecular complexity index is 424. The maximum atomic E-state index is 11.4. The summed E-state index contributed by atoms with van der Waals surface area (Å²) in [6, 6.07) is 3.83. The molecule has 0 spiro atoms. The summed E-state index contributed by atoms with van der Waals surface area (Å²) in [5, 5.41) is 31.2. The van der Waals surface area contributed by atoms with E-state index in [0.717, 1.165) is 6.07 Å². The first-order valence-corrected chi connectivity index (χ1v) is 5.77. The van der Waals surface area contributed by atoms with E-state index in [2.05, 4.69) is 5.32 Å². The summed E-state index contributed by atoms with van der Waals surface area (Å²) in [4.78, 5) is 11.4. The van der Waals surface area contributed by atoms with Crippen LogP contribution in [0.4, 0.5) is 0 Å². The first-order chi connectivity index (χ1) is 8.25. The predicted octanol–water partition coefficient (Wildman–Crippen LogP) is 1.64. The van der Waals surface area contributed by atoms with Gasteiger partial charge in [0.2, 0.25) is 0 Å². The number of benzene rings is 1. The maximum Gasteiger partial charge on any atom is 0.328 e. The number of carboxylic acids is 1. The molecule has 100 valence electrons. The summed E-state index contributed by atoms with van der Waals surface area (Å²) in [6.45, 7) is 5.95. The van der Waals surface area contributed by atoms with Gasteiger partial charge in [-0.2, -0.15) is 0 Å². The minimum atomic E-state index is -1.35. The van der Waals surface area contributed by atoms with Crippen molar-refractivity contribution in [3.8, 4) is 11.5 Å². The first kappa shape index (κ1) is 14.3. The van der Waals surface area contributed by atoms with E-state index in [4.69, 9.17) is 0 Å². The van der Waals surface area contributed by atoms with E-state index in [1.54, 1.807) is 0 Å². The molecule has 5 nitrogen and oxygen atoms in total. The number of nitrogens with one attached hydrogen (secondary N) is 1. The molecule has 0 amide bonds. The van der Waals surface area contributed by atoms with Crippen LogP contribution < -0.4 is 5.32 Å². The van der Waals surface area contributed by atoms with Gasteiger partial charge in [0.15, 0.2) is 0 Å². The second kappa shape index (κ2) is 5.27. The Hall–Kier alpha value is -1.75. The van der Waals surface area contributed by atoms with Gasteiger partial charge in [-0.1, -0.05) is 13.8 Å². The Morgan fingerprint density at radius 3 is 2.17 bits per heavy atom. The van der Waals surface area contributed by atoms with Gasteiger partial charge in [-0.3, -0.25) is 5.32 Å². The summed E-state index contributed by atoms with van der Waals surface area (Å²) in [7, 11) is 0. The third kappa shape index (κ3) is 3.13. The molecule has 0 aliphatic rings. The molecule has 0 radical (unpaired) electrons. The Morgan fingerprint density at radius 2 is 1.78 bits per heavy atom. The summed E-state index contributed by atoms with van der Waals surface area (Å²) in [5.41, 5.74) is -1.03. The molecule has 1 atom stereocenters. The monoisotopic (exact) mass is 253 g/mol. The van der Waals surface area contributed by atoms with Crippen LogP contribution in [0.25, 0.3) is 0 Å². The lowest BCUT2D eigenvalue weighted by atomic mass is 9.91. The van der Waals surface area contributed by atoms with E-state index in [1.165, 1.54) is 19.1 Å². The molecule has 0 fully saturated rings. The largest absolute Gasteiger partial charge is 0.508 e. The molecule has 0 heterocycles. The van der Waals surface area contributed by atoms with Crippen molar-refractivity contribution in [1.29, 1.82) is 0 Å². The average molecular weight is 253 g/mol. The van der Waals surface area contributed by atoms with Crippen molar-refractivity contribution in [3.63, 3.8) is 0 Å². The van der Waals surface area contributed by atoms with Gasteiger partial charge in [-0.05, 0) is 37.1 Å². The lowest BCUT2D eigenvalue weighted by molar-refractivity contribution is -0.144. The van der Waals surface area contributed by atoms with Crippen LogP contribution in [0.2, 0.25) is 0 Å². The maximum absolute atomic E-state index is 11.4. The fraction of sp³-hybridized carbons (Fsp3) is 0.462. The van der Waals surface area contributed by atoms with E-state index in [0.29, 0.717) is 12.1 Å². The number of hydrogen-bond acceptors (Lipinski definition) is 4. The van der Waals surface area contributed by atoms with E-state index >= 15 is 0 Å². The highest BCUT2D eigenvalue weighted by Crippen LogP contribution is 2.29. The van der Waals surface area contributed by atoms with Gasteiger partial charge >= 0.3 is 5.97 Å². The fourth-order valence-electron chi connectivity index (χ4n) is 1.59. The van der Waals surface area contributed by atoms with Crippen molar-refractivity contribution in [2.24, 2.45) is 5.92 Å². The number of phenolic OH excluding ortho intramolecular Hbond substituents is 2. The molecule has 1 aromatic carbocycles. The van der Waals surface area contributed by atoms with Crippen LogP contribution in [0.5, 0.6) is 11.5 Å². The molecule has 1 rings (SSSR count). The zero-order valence-corrected chi connectivity index (χ0v) is 10.8. The van der Waals surface area contributed by atoms with Gasteiger partial charge in [0.25, 0.3) is 0 Å². The fourth-order valence-corrected chi connectivity index (χ4v) is 1.59. The first-order valence-electron chi connectivity index (χ1n) is 5.77. The Kier molecular flexibility index (Phi) is 4.19. The van der Waals surface area contributed by atoms with Gasteiger partial charge in [-0.25, -0.2) is 4.79 Å². The molecular weight excluding hydrogens is 234 g/mol. The minimum Gasteiger partial charge on any atom is -0.508 e. The smallest absolute Gasteiger partial charge is 0.328 e. The molecule has 18 heavy (non-hydrogen) atoms. The van der Waals surface area contributed by atoms with Crippen LogP contribution in [0.3, 0.4) is 0 Å². The number of phenols is 2. The molecule has 0 saturated heterocycles. The number of carbonyl (C=O) groups is 1. The highest BCUT2D eigenvalue weighted by atomic mass is 16.4. The van der Waals surface area contributed by atoms with E-state index in [-0.39, 0.29) is 17.4 Å². The molecule has 5 heteroatoms. The molecule has 0 aliphatic carbocycles. The van der Waals surface area contributed by atoms with Crippen molar-refractivity contribution in [1.82, 2.24) is 5.32 Å². The second-order valence-electron chi connectivity index (χ2n) is 4.94. The van der Waals surface area contributed by atoms with Crippen LogP contribution >= 0.6 is 0 Å². The Morgan fingerprint density at radius 1 is 1.28 bits per heavy atom. The van der Waals surface area contributed by atoms with Crippen molar-refractivity contribution in [2.45, 2.75) is 26.3 Å². The molecule has 1 unspecified atom stereocenters.